The molecule has 0 fully saturated rings. The summed E-state index contributed by atoms with van der Waals surface area (Å²) in [4.78, 5) is 22.7. The zero-order chi connectivity index (χ0) is 16.2. The fourth-order valence-electron chi connectivity index (χ4n) is 2.40. The number of aliphatic hydroxyl groups excluding tert-OH is 1. The van der Waals surface area contributed by atoms with E-state index in [2.05, 4.69) is 11.7 Å². The van der Waals surface area contributed by atoms with Crippen molar-refractivity contribution in [1.82, 2.24) is 0 Å². The second-order valence-electron chi connectivity index (χ2n) is 5.71. The highest BCUT2D eigenvalue weighted by atomic mass is 32.2. The number of cyclic esters (lactones) is 1. The minimum atomic E-state index is -1.37. The number of ether oxygens (including phenoxy) is 1. The van der Waals surface area contributed by atoms with Gasteiger partial charge in [-0.15, -0.1) is 0 Å². The summed E-state index contributed by atoms with van der Waals surface area (Å²) in [5.41, 5.74) is 0.0714. The van der Waals surface area contributed by atoms with Gasteiger partial charge in [-0.3, -0.25) is 4.79 Å². The van der Waals surface area contributed by atoms with Gasteiger partial charge in [0, 0.05) is 11.8 Å². The number of thioether (sulfide) groups is 1. The van der Waals surface area contributed by atoms with Crippen molar-refractivity contribution < 1.29 is 19.4 Å². The minimum Gasteiger partial charge on any atom is -0.428 e. The van der Waals surface area contributed by atoms with E-state index in [1.165, 1.54) is 51.4 Å². The molecule has 4 nitrogen and oxygen atoms in total. The average molecular weight is 328 g/mol. The van der Waals surface area contributed by atoms with Gasteiger partial charge in [0.2, 0.25) is 11.4 Å². The van der Waals surface area contributed by atoms with Crippen LogP contribution in [-0.4, -0.2) is 28.2 Å². The van der Waals surface area contributed by atoms with Crippen LogP contribution in [0.25, 0.3) is 0 Å². The van der Waals surface area contributed by atoms with E-state index in [1.54, 1.807) is 0 Å². The Bertz CT molecular complexity index is 379. The quantitative estimate of drug-likeness (QED) is 0.434. The monoisotopic (exact) mass is 328 g/mol. The van der Waals surface area contributed by atoms with E-state index in [-0.39, 0.29) is 10.7 Å². The van der Waals surface area contributed by atoms with E-state index < -0.39 is 12.3 Å². The molecule has 0 saturated carbocycles. The highest BCUT2D eigenvalue weighted by Crippen LogP contribution is 2.21. The smallest absolute Gasteiger partial charge is 0.333 e. The van der Waals surface area contributed by atoms with Gasteiger partial charge in [0.1, 0.15) is 0 Å². The standard InChI is InChI=1S/C17H28O4S/c1-2-3-4-5-6-7-8-9-10-11-12-22-17(20)14-13-15(18)21-16(14)19/h13,16,19H,2-12H2,1H3. The third-order valence-electron chi connectivity index (χ3n) is 3.73. The average Bonchev–Trinajstić information content (AvgIpc) is 2.83. The number of hydrogen-bond donors (Lipinski definition) is 1. The van der Waals surface area contributed by atoms with Crippen molar-refractivity contribution in [3.63, 3.8) is 0 Å². The van der Waals surface area contributed by atoms with Crippen molar-refractivity contribution in [2.75, 3.05) is 5.75 Å². The van der Waals surface area contributed by atoms with Crippen LogP contribution in [0.3, 0.4) is 0 Å². The van der Waals surface area contributed by atoms with Crippen molar-refractivity contribution in [1.29, 1.82) is 0 Å². The van der Waals surface area contributed by atoms with Gasteiger partial charge in [-0.2, -0.15) is 0 Å². The van der Waals surface area contributed by atoms with Gasteiger partial charge in [-0.25, -0.2) is 4.79 Å². The Kier molecular flexibility index (Phi) is 10.2. The lowest BCUT2D eigenvalue weighted by atomic mass is 10.1. The minimum absolute atomic E-state index is 0.0714. The summed E-state index contributed by atoms with van der Waals surface area (Å²) in [6.45, 7) is 2.23. The lowest BCUT2D eigenvalue weighted by Crippen LogP contribution is -2.14. The Morgan fingerprint density at radius 2 is 1.64 bits per heavy atom. The van der Waals surface area contributed by atoms with Gasteiger partial charge in [0.05, 0.1) is 5.57 Å². The predicted octanol–water partition coefficient (Wildman–Crippen LogP) is 3.97. The summed E-state index contributed by atoms with van der Waals surface area (Å²) in [6, 6.07) is 0. The normalized spacial score (nSPS) is 17.5. The molecule has 1 rings (SSSR count). The van der Waals surface area contributed by atoms with Crippen LogP contribution >= 0.6 is 11.8 Å². The molecule has 0 aromatic rings. The molecule has 0 saturated heterocycles. The molecule has 0 aromatic carbocycles. The molecule has 5 heteroatoms. The molecule has 0 amide bonds. The van der Waals surface area contributed by atoms with Gasteiger partial charge in [0.25, 0.3) is 0 Å². The maximum Gasteiger partial charge on any atom is 0.333 e. The van der Waals surface area contributed by atoms with Gasteiger partial charge in [-0.1, -0.05) is 76.5 Å². The first-order valence-electron chi connectivity index (χ1n) is 8.42. The van der Waals surface area contributed by atoms with Crippen molar-refractivity contribution >= 4 is 22.8 Å². The number of hydrogen-bond acceptors (Lipinski definition) is 5. The van der Waals surface area contributed by atoms with Crippen molar-refractivity contribution in [2.45, 2.75) is 77.4 Å². The van der Waals surface area contributed by atoms with Gasteiger partial charge in [-0.05, 0) is 6.42 Å². The second-order valence-corrected chi connectivity index (χ2v) is 6.77. The predicted molar refractivity (Wildman–Crippen MR) is 89.5 cm³/mol. The largest absolute Gasteiger partial charge is 0.428 e. The molecule has 126 valence electrons. The maximum atomic E-state index is 11.8. The zero-order valence-electron chi connectivity index (χ0n) is 13.5. The zero-order valence-corrected chi connectivity index (χ0v) is 14.3. The first-order valence-corrected chi connectivity index (χ1v) is 9.41. The fourth-order valence-corrected chi connectivity index (χ4v) is 3.26. The summed E-state index contributed by atoms with van der Waals surface area (Å²) < 4.78 is 4.49. The Balaban J connectivity index is 1.92. The Labute approximate surface area is 137 Å². The molecule has 1 unspecified atom stereocenters. The first kappa shape index (κ1) is 19.2. The highest BCUT2D eigenvalue weighted by molar-refractivity contribution is 8.14. The third kappa shape index (κ3) is 7.99. The number of carbonyl (C=O) groups is 2. The van der Waals surface area contributed by atoms with Crippen LogP contribution < -0.4 is 0 Å². The van der Waals surface area contributed by atoms with E-state index in [4.69, 9.17) is 0 Å². The molecule has 0 aliphatic carbocycles. The van der Waals surface area contributed by atoms with Crippen LogP contribution in [0.1, 0.15) is 71.1 Å². The molecular formula is C17H28O4S. The molecule has 1 N–H and O–H groups in total. The van der Waals surface area contributed by atoms with Crippen LogP contribution in [0.2, 0.25) is 0 Å². The van der Waals surface area contributed by atoms with Crippen molar-refractivity contribution in [3.8, 4) is 0 Å². The topological polar surface area (TPSA) is 63.6 Å². The summed E-state index contributed by atoms with van der Waals surface area (Å²) in [6.07, 6.45) is 12.3. The Hall–Kier alpha value is -0.810. The Morgan fingerprint density at radius 1 is 1.09 bits per heavy atom. The van der Waals surface area contributed by atoms with Crippen molar-refractivity contribution in [2.24, 2.45) is 0 Å². The van der Waals surface area contributed by atoms with Crippen LogP contribution in [0.5, 0.6) is 0 Å². The Morgan fingerprint density at radius 3 is 2.14 bits per heavy atom. The van der Waals surface area contributed by atoms with Crippen molar-refractivity contribution in [3.05, 3.63) is 11.6 Å². The summed E-state index contributed by atoms with van der Waals surface area (Å²) >= 11 is 1.16. The van der Waals surface area contributed by atoms with Crippen LogP contribution in [-0.2, 0) is 14.3 Å². The molecule has 22 heavy (non-hydrogen) atoms. The van der Waals surface area contributed by atoms with Crippen LogP contribution in [0.4, 0.5) is 0 Å². The molecule has 0 bridgehead atoms. The molecule has 0 radical (unpaired) electrons. The molecule has 1 aliphatic rings. The van der Waals surface area contributed by atoms with Crippen LogP contribution in [0.15, 0.2) is 11.6 Å². The number of carbonyl (C=O) groups excluding carboxylic acids is 2. The van der Waals surface area contributed by atoms with E-state index in [0.29, 0.717) is 0 Å². The summed E-state index contributed by atoms with van der Waals surface area (Å²) in [5.74, 6) is 0.0866. The van der Waals surface area contributed by atoms with Gasteiger partial charge >= 0.3 is 5.97 Å². The number of aliphatic hydroxyl groups is 1. The van der Waals surface area contributed by atoms with Crippen LogP contribution in [0, 0.1) is 0 Å². The SMILES string of the molecule is CCCCCCCCCCCCSC(=O)C1=CC(=O)OC1O. The lowest BCUT2D eigenvalue weighted by Gasteiger charge is -2.06. The molecule has 1 heterocycles. The van der Waals surface area contributed by atoms with E-state index >= 15 is 0 Å². The van der Waals surface area contributed by atoms with E-state index in [1.807, 2.05) is 0 Å². The molecular weight excluding hydrogens is 300 g/mol. The molecule has 0 aromatic heterocycles. The first-order chi connectivity index (χ1) is 10.6. The number of unbranched alkanes of at least 4 members (excludes halogenated alkanes) is 9. The highest BCUT2D eigenvalue weighted by Gasteiger charge is 2.29. The summed E-state index contributed by atoms with van der Waals surface area (Å²) in [7, 11) is 0. The molecule has 1 aliphatic heterocycles. The maximum absolute atomic E-state index is 11.8. The number of rotatable bonds is 12. The van der Waals surface area contributed by atoms with Gasteiger partial charge < -0.3 is 9.84 Å². The second kappa shape index (κ2) is 11.7. The van der Waals surface area contributed by atoms with E-state index in [0.717, 1.165) is 36.4 Å². The van der Waals surface area contributed by atoms with E-state index in [9.17, 15) is 14.7 Å². The summed E-state index contributed by atoms with van der Waals surface area (Å²) in [5, 5.41) is 9.11. The third-order valence-corrected chi connectivity index (χ3v) is 4.72. The lowest BCUT2D eigenvalue weighted by molar-refractivity contribution is -0.151. The fraction of sp³-hybridized carbons (Fsp3) is 0.765. The molecule has 0 spiro atoms. The molecule has 1 atom stereocenters. The number of esters is 1. The van der Waals surface area contributed by atoms with Gasteiger partial charge in [0.15, 0.2) is 0 Å².